The molecule has 0 amide bonds. The van der Waals surface area contributed by atoms with Gasteiger partial charge in [0, 0.05) is 10.8 Å². The van der Waals surface area contributed by atoms with Gasteiger partial charge in [0.1, 0.15) is 41.6 Å². The Morgan fingerprint density at radius 1 is 0.680 bits per heavy atom. The highest BCUT2D eigenvalue weighted by Crippen LogP contribution is 2.36. The number of rotatable bonds is 0. The highest BCUT2D eigenvalue weighted by atomic mass is 14.9. The fourth-order valence-corrected chi connectivity index (χ4v) is 2.72. The smallest absolute Gasteiger partial charge is 0.117 e. The highest BCUT2D eigenvalue weighted by molar-refractivity contribution is 6.11. The first-order chi connectivity index (χ1) is 12.1. The molecule has 2 N–H and O–H groups in total. The molecule has 0 radical (unpaired) electrons. The number of nitrogen functional groups attached to an aromatic ring is 1. The number of nitrogens with two attached hydrogens (primary N) is 1. The number of imidazole rings is 1. The topological polar surface area (TPSA) is 171 Å². The van der Waals surface area contributed by atoms with Crippen molar-refractivity contribution >= 4 is 27.5 Å². The molecule has 3 rings (SSSR count). The number of hydrogen-bond donors (Lipinski definition) is 1. The molecule has 0 aliphatic rings. The zero-order chi connectivity index (χ0) is 18.1. The van der Waals surface area contributed by atoms with Crippen molar-refractivity contribution in [1.29, 1.82) is 26.3 Å². The van der Waals surface area contributed by atoms with Crippen molar-refractivity contribution in [3.8, 4) is 30.3 Å². The van der Waals surface area contributed by atoms with E-state index in [1.807, 2.05) is 30.3 Å². The van der Waals surface area contributed by atoms with Gasteiger partial charge in [-0.2, -0.15) is 26.3 Å². The van der Waals surface area contributed by atoms with Gasteiger partial charge < -0.3 is 5.73 Å². The van der Waals surface area contributed by atoms with E-state index in [0.717, 1.165) is 0 Å². The molecule has 8 heteroatoms. The summed E-state index contributed by atoms with van der Waals surface area (Å²) in [6, 6.07) is 10.7. The highest BCUT2D eigenvalue weighted by Gasteiger charge is 2.23. The monoisotopic (exact) mass is 320 g/mol. The quantitative estimate of drug-likeness (QED) is 0.652. The molecule has 0 saturated carbocycles. The molecular weight excluding hydrogens is 316 g/mol. The Hall–Kier alpha value is -4.71. The lowest BCUT2D eigenvalue weighted by atomic mass is 9.95. The minimum atomic E-state index is -0.171. The summed E-state index contributed by atoms with van der Waals surface area (Å²) in [4.78, 5) is 7.98. The van der Waals surface area contributed by atoms with E-state index in [0.29, 0.717) is 0 Å². The van der Waals surface area contributed by atoms with Crippen molar-refractivity contribution in [1.82, 2.24) is 9.97 Å². The van der Waals surface area contributed by atoms with Gasteiger partial charge in [0.15, 0.2) is 0 Å². The van der Waals surface area contributed by atoms with Gasteiger partial charge in [-0.25, -0.2) is 9.97 Å². The van der Waals surface area contributed by atoms with Crippen LogP contribution in [0.5, 0.6) is 0 Å². The van der Waals surface area contributed by atoms with Gasteiger partial charge in [-0.15, -0.1) is 0 Å². The third kappa shape index (κ3) is 1.89. The van der Waals surface area contributed by atoms with Crippen LogP contribution < -0.4 is 5.73 Å². The Bertz CT molecular complexity index is 1300. The molecule has 1 heterocycles. The summed E-state index contributed by atoms with van der Waals surface area (Å²) in [7, 11) is 0. The Labute approximate surface area is 140 Å². The van der Waals surface area contributed by atoms with Crippen LogP contribution in [0.3, 0.4) is 0 Å². The first kappa shape index (κ1) is 15.2. The number of hydrogen-bond acceptors (Lipinski definition) is 8. The fourth-order valence-electron chi connectivity index (χ4n) is 2.72. The first-order valence-corrected chi connectivity index (χ1v) is 6.70. The van der Waals surface area contributed by atoms with E-state index in [1.165, 1.54) is 12.4 Å². The summed E-state index contributed by atoms with van der Waals surface area (Å²) >= 11 is 0. The van der Waals surface area contributed by atoms with E-state index in [2.05, 4.69) is 9.97 Å². The van der Waals surface area contributed by atoms with Crippen LogP contribution in [-0.2, 0) is 0 Å². The van der Waals surface area contributed by atoms with E-state index in [1.54, 1.807) is 0 Å². The maximum atomic E-state index is 9.60. The molecule has 2 aromatic carbocycles. The lowest BCUT2D eigenvalue weighted by Crippen LogP contribution is -1.95. The van der Waals surface area contributed by atoms with Crippen molar-refractivity contribution in [2.24, 2.45) is 0 Å². The van der Waals surface area contributed by atoms with Crippen molar-refractivity contribution < 1.29 is 0 Å². The van der Waals surface area contributed by atoms with E-state index < -0.39 is 0 Å². The molecule has 3 aromatic rings. The second-order valence-corrected chi connectivity index (χ2v) is 4.89. The molecule has 25 heavy (non-hydrogen) atoms. The standard InChI is InChI=1S/C17H4N8/c18-2-8-1-9(3-19)15(23)10(4-20)14-12(6-22)17-16(24-7-25-17)11(5-21)13(8)14/h1,7H,23H2. The van der Waals surface area contributed by atoms with Crippen LogP contribution >= 0.6 is 0 Å². The molecule has 1 aromatic heterocycles. The zero-order valence-electron chi connectivity index (χ0n) is 12.4. The predicted molar refractivity (Wildman–Crippen MR) is 85.0 cm³/mol. The Morgan fingerprint density at radius 3 is 1.68 bits per heavy atom. The molecule has 0 bridgehead atoms. The number of benzene rings is 1. The van der Waals surface area contributed by atoms with Crippen LogP contribution in [0.15, 0.2) is 12.4 Å². The fraction of sp³-hybridized carbons (Fsp3) is 0. The van der Waals surface area contributed by atoms with E-state index in [9.17, 15) is 26.3 Å². The Morgan fingerprint density at radius 2 is 1.20 bits per heavy atom. The van der Waals surface area contributed by atoms with E-state index in [-0.39, 0.29) is 55.3 Å². The van der Waals surface area contributed by atoms with Crippen molar-refractivity contribution in [3.05, 3.63) is 40.2 Å². The molecule has 0 fully saturated rings. The summed E-state index contributed by atoms with van der Waals surface area (Å²) in [5.74, 6) is 0. The molecule has 0 unspecified atom stereocenters. The Kier molecular flexibility index (Phi) is 3.34. The molecule has 8 nitrogen and oxygen atoms in total. The third-order valence-corrected chi connectivity index (χ3v) is 3.77. The lowest BCUT2D eigenvalue weighted by molar-refractivity contribution is 1.34. The molecule has 0 aliphatic heterocycles. The van der Waals surface area contributed by atoms with Crippen molar-refractivity contribution in [3.63, 3.8) is 0 Å². The van der Waals surface area contributed by atoms with Crippen LogP contribution in [0.25, 0.3) is 21.8 Å². The average Bonchev–Trinajstić information content (AvgIpc) is 3.07. The van der Waals surface area contributed by atoms with Gasteiger partial charge in [-0.05, 0) is 6.07 Å². The average molecular weight is 320 g/mol. The van der Waals surface area contributed by atoms with E-state index >= 15 is 0 Å². The summed E-state index contributed by atoms with van der Waals surface area (Å²) in [5.41, 5.74) is 5.69. The van der Waals surface area contributed by atoms with Crippen molar-refractivity contribution in [2.75, 3.05) is 5.73 Å². The van der Waals surface area contributed by atoms with Crippen LogP contribution in [0.1, 0.15) is 27.8 Å². The van der Waals surface area contributed by atoms with Crippen LogP contribution in [-0.4, -0.2) is 9.97 Å². The minimum Gasteiger partial charge on any atom is -0.397 e. The van der Waals surface area contributed by atoms with Gasteiger partial charge in [0.2, 0.25) is 0 Å². The molecule has 0 aliphatic carbocycles. The van der Waals surface area contributed by atoms with Crippen LogP contribution in [0.4, 0.5) is 5.69 Å². The van der Waals surface area contributed by atoms with Gasteiger partial charge in [-0.3, -0.25) is 0 Å². The summed E-state index contributed by atoms with van der Waals surface area (Å²) in [5, 5.41) is 47.6. The van der Waals surface area contributed by atoms with Crippen molar-refractivity contribution in [2.45, 2.75) is 0 Å². The van der Waals surface area contributed by atoms with Crippen LogP contribution in [0, 0.1) is 56.7 Å². The maximum absolute atomic E-state index is 9.60. The number of nitrogens with zero attached hydrogens (tertiary/aromatic N) is 7. The second-order valence-electron chi connectivity index (χ2n) is 4.89. The van der Waals surface area contributed by atoms with Gasteiger partial charge in [0.25, 0.3) is 0 Å². The molecule has 0 atom stereocenters. The predicted octanol–water partition coefficient (Wildman–Crippen LogP) is 1.72. The molecule has 0 saturated heterocycles. The summed E-state index contributed by atoms with van der Waals surface area (Å²) < 4.78 is 0. The number of aromatic nitrogens is 2. The summed E-state index contributed by atoms with van der Waals surface area (Å²) in [6.07, 6.45) is 1.19. The third-order valence-electron chi connectivity index (χ3n) is 3.77. The lowest BCUT2D eigenvalue weighted by Gasteiger charge is -2.05. The number of nitriles is 5. The number of fused-ring (bicyclic) bond motifs is 2. The SMILES string of the molecule is N#Cc1cc(C#N)c2c(C#N)c3ncnc3c(C#N)c2c(C#N)c1N. The molecule has 0 spiro atoms. The second kappa shape index (κ2) is 5.49. The van der Waals surface area contributed by atoms with E-state index in [4.69, 9.17) is 5.73 Å². The van der Waals surface area contributed by atoms with Gasteiger partial charge in [-0.1, -0.05) is 0 Å². The molecule has 112 valence electrons. The van der Waals surface area contributed by atoms with Crippen LogP contribution in [0.2, 0.25) is 0 Å². The largest absolute Gasteiger partial charge is 0.397 e. The van der Waals surface area contributed by atoms with Gasteiger partial charge >= 0.3 is 0 Å². The normalized spacial score (nSPS) is 9.56. The number of anilines is 1. The zero-order valence-corrected chi connectivity index (χ0v) is 12.4. The maximum Gasteiger partial charge on any atom is 0.117 e. The Balaban J connectivity index is 2.94. The summed E-state index contributed by atoms with van der Waals surface area (Å²) in [6.45, 7) is 0. The molecular formula is C17H4N8. The minimum absolute atomic E-state index is 0.00552. The first-order valence-electron chi connectivity index (χ1n) is 6.70. The van der Waals surface area contributed by atoms with Gasteiger partial charge in [0.05, 0.1) is 39.6 Å².